The minimum atomic E-state index is -0.249. The molecular weight excluding hydrogens is 458 g/mol. The Labute approximate surface area is 209 Å². The first-order valence-electron chi connectivity index (χ1n) is 11.9. The molecule has 2 aromatic carbocycles. The highest BCUT2D eigenvalue weighted by Gasteiger charge is 2.18. The highest BCUT2D eigenvalue weighted by atomic mass is 32.1. The molecule has 0 aliphatic carbocycles. The lowest BCUT2D eigenvalue weighted by Crippen LogP contribution is -2.28. The highest BCUT2D eigenvalue weighted by molar-refractivity contribution is 7.17. The number of thiophene rings is 1. The van der Waals surface area contributed by atoms with Crippen LogP contribution in [-0.2, 0) is 11.3 Å². The number of para-hydroxylation sites is 1. The van der Waals surface area contributed by atoms with E-state index in [1.54, 1.807) is 0 Å². The van der Waals surface area contributed by atoms with Gasteiger partial charge in [-0.05, 0) is 47.6 Å². The van der Waals surface area contributed by atoms with Crippen molar-refractivity contribution in [3.8, 4) is 16.9 Å². The molecule has 0 bridgehead atoms. The average Bonchev–Trinajstić information content (AvgIpc) is 3.26. The standard InChI is InChI=1S/C28H31N3O3S/c1-6-34-20-12-10-19(11-13-20)23-15-35-27-25(23)28(33)31(16-29-27)14-24(32)30-26-21(17(2)3)8-7-9-22(26)18(4)5/h7-13,15-18H,6,14H2,1-5H3,(H,30,32). The van der Waals surface area contributed by atoms with Crippen LogP contribution >= 0.6 is 11.3 Å². The normalized spacial score (nSPS) is 11.4. The number of ether oxygens (including phenoxy) is 1. The lowest BCUT2D eigenvalue weighted by molar-refractivity contribution is -0.116. The molecule has 0 aliphatic rings. The number of nitrogens with zero attached hydrogens (tertiary/aromatic N) is 2. The molecule has 1 N–H and O–H groups in total. The monoisotopic (exact) mass is 489 g/mol. The number of hydrogen-bond donors (Lipinski definition) is 1. The third-order valence-corrected chi connectivity index (χ3v) is 6.87. The van der Waals surface area contributed by atoms with Gasteiger partial charge in [-0.15, -0.1) is 11.3 Å². The van der Waals surface area contributed by atoms with Crippen molar-refractivity contribution in [3.05, 3.63) is 75.7 Å². The molecular formula is C28H31N3O3S. The number of aromatic nitrogens is 2. The van der Waals surface area contributed by atoms with Gasteiger partial charge in [0.15, 0.2) is 0 Å². The smallest absolute Gasteiger partial charge is 0.263 e. The minimum Gasteiger partial charge on any atom is -0.494 e. The van der Waals surface area contributed by atoms with Crippen LogP contribution in [0, 0.1) is 0 Å². The Bertz CT molecular complexity index is 1380. The predicted molar refractivity (Wildman–Crippen MR) is 144 cm³/mol. The lowest BCUT2D eigenvalue weighted by atomic mass is 9.92. The lowest BCUT2D eigenvalue weighted by Gasteiger charge is -2.20. The maximum absolute atomic E-state index is 13.4. The molecule has 0 unspecified atom stereocenters. The third kappa shape index (κ3) is 5.15. The Hall–Kier alpha value is -3.45. The topological polar surface area (TPSA) is 73.2 Å². The van der Waals surface area contributed by atoms with Crippen molar-refractivity contribution in [2.24, 2.45) is 0 Å². The van der Waals surface area contributed by atoms with Crippen LogP contribution in [0.2, 0.25) is 0 Å². The first-order valence-corrected chi connectivity index (χ1v) is 12.8. The van der Waals surface area contributed by atoms with Crippen LogP contribution in [0.25, 0.3) is 21.3 Å². The first-order chi connectivity index (χ1) is 16.8. The van der Waals surface area contributed by atoms with E-state index in [0.717, 1.165) is 33.7 Å². The molecule has 2 heterocycles. The van der Waals surface area contributed by atoms with Gasteiger partial charge in [-0.25, -0.2) is 4.98 Å². The molecule has 6 nitrogen and oxygen atoms in total. The Morgan fingerprint density at radius 3 is 2.31 bits per heavy atom. The van der Waals surface area contributed by atoms with E-state index in [9.17, 15) is 9.59 Å². The molecule has 4 rings (SSSR count). The summed E-state index contributed by atoms with van der Waals surface area (Å²) in [7, 11) is 0. The fourth-order valence-electron chi connectivity index (χ4n) is 4.22. The number of anilines is 1. The summed E-state index contributed by atoms with van der Waals surface area (Å²) in [6.07, 6.45) is 1.46. The molecule has 0 atom stereocenters. The summed E-state index contributed by atoms with van der Waals surface area (Å²) < 4.78 is 6.91. The first kappa shape index (κ1) is 24.7. The molecule has 0 saturated carbocycles. The van der Waals surface area contributed by atoms with Crippen LogP contribution in [-0.4, -0.2) is 22.1 Å². The summed E-state index contributed by atoms with van der Waals surface area (Å²) in [5.74, 6) is 1.05. The zero-order valence-electron chi connectivity index (χ0n) is 20.8. The van der Waals surface area contributed by atoms with Gasteiger partial charge in [0.25, 0.3) is 5.56 Å². The third-order valence-electron chi connectivity index (χ3n) is 5.99. The zero-order valence-corrected chi connectivity index (χ0v) is 21.6. The van der Waals surface area contributed by atoms with Gasteiger partial charge in [-0.1, -0.05) is 58.0 Å². The van der Waals surface area contributed by atoms with E-state index in [0.29, 0.717) is 16.8 Å². The Morgan fingerprint density at radius 1 is 1.06 bits per heavy atom. The Balaban J connectivity index is 1.65. The molecule has 0 aliphatic heterocycles. The van der Waals surface area contributed by atoms with Gasteiger partial charge >= 0.3 is 0 Å². The fourth-order valence-corrected chi connectivity index (χ4v) is 5.13. The number of amides is 1. The van der Waals surface area contributed by atoms with Crippen LogP contribution in [0.5, 0.6) is 5.75 Å². The quantitative estimate of drug-likeness (QED) is 0.310. The van der Waals surface area contributed by atoms with E-state index >= 15 is 0 Å². The van der Waals surface area contributed by atoms with E-state index in [1.807, 2.05) is 54.8 Å². The zero-order chi connectivity index (χ0) is 25.1. The van der Waals surface area contributed by atoms with Gasteiger partial charge in [0, 0.05) is 16.6 Å². The number of nitrogens with one attached hydrogen (secondary N) is 1. The van der Waals surface area contributed by atoms with Gasteiger partial charge in [0.2, 0.25) is 5.91 Å². The minimum absolute atomic E-state index is 0.107. The molecule has 2 aromatic heterocycles. The molecule has 0 fully saturated rings. The fraction of sp³-hybridized carbons (Fsp3) is 0.321. The maximum atomic E-state index is 13.4. The van der Waals surface area contributed by atoms with E-state index in [4.69, 9.17) is 4.74 Å². The van der Waals surface area contributed by atoms with E-state index in [2.05, 4.69) is 38.0 Å². The van der Waals surface area contributed by atoms with Crippen molar-refractivity contribution >= 4 is 33.1 Å². The van der Waals surface area contributed by atoms with Crippen molar-refractivity contribution in [1.29, 1.82) is 0 Å². The summed E-state index contributed by atoms with van der Waals surface area (Å²) in [5.41, 5.74) is 4.51. The van der Waals surface area contributed by atoms with Crippen molar-refractivity contribution in [2.45, 2.75) is 53.0 Å². The molecule has 35 heavy (non-hydrogen) atoms. The summed E-state index contributed by atoms with van der Waals surface area (Å²) >= 11 is 1.42. The second-order valence-electron chi connectivity index (χ2n) is 9.13. The number of hydrogen-bond acceptors (Lipinski definition) is 5. The average molecular weight is 490 g/mol. The summed E-state index contributed by atoms with van der Waals surface area (Å²) in [4.78, 5) is 31.6. The highest BCUT2D eigenvalue weighted by Crippen LogP contribution is 2.33. The summed E-state index contributed by atoms with van der Waals surface area (Å²) in [6.45, 7) is 10.9. The van der Waals surface area contributed by atoms with Crippen LogP contribution in [0.4, 0.5) is 5.69 Å². The van der Waals surface area contributed by atoms with E-state index in [-0.39, 0.29) is 29.8 Å². The van der Waals surface area contributed by atoms with Crippen LogP contribution in [0.15, 0.2) is 59.0 Å². The van der Waals surface area contributed by atoms with Crippen molar-refractivity contribution < 1.29 is 9.53 Å². The summed E-state index contributed by atoms with van der Waals surface area (Å²) in [6, 6.07) is 13.8. The maximum Gasteiger partial charge on any atom is 0.263 e. The molecule has 4 aromatic rings. The number of rotatable bonds is 8. The van der Waals surface area contributed by atoms with Gasteiger partial charge in [0.05, 0.1) is 18.3 Å². The van der Waals surface area contributed by atoms with Gasteiger partial charge in [0.1, 0.15) is 17.1 Å². The van der Waals surface area contributed by atoms with Gasteiger partial charge < -0.3 is 10.1 Å². The van der Waals surface area contributed by atoms with Gasteiger partial charge in [-0.2, -0.15) is 0 Å². The number of carbonyl (C=O) groups excluding carboxylic acids is 1. The number of benzene rings is 2. The molecule has 0 saturated heterocycles. The van der Waals surface area contributed by atoms with E-state index in [1.165, 1.54) is 22.2 Å². The van der Waals surface area contributed by atoms with Crippen molar-refractivity contribution in [3.63, 3.8) is 0 Å². The largest absolute Gasteiger partial charge is 0.494 e. The molecule has 0 spiro atoms. The van der Waals surface area contributed by atoms with Crippen molar-refractivity contribution in [1.82, 2.24) is 9.55 Å². The molecule has 0 radical (unpaired) electrons. The van der Waals surface area contributed by atoms with Crippen LogP contribution in [0.1, 0.15) is 57.6 Å². The Kier molecular flexibility index (Phi) is 7.36. The van der Waals surface area contributed by atoms with E-state index < -0.39 is 0 Å². The number of fused-ring (bicyclic) bond motifs is 1. The van der Waals surface area contributed by atoms with Crippen LogP contribution in [0.3, 0.4) is 0 Å². The van der Waals surface area contributed by atoms with Gasteiger partial charge in [-0.3, -0.25) is 14.2 Å². The molecule has 7 heteroatoms. The summed E-state index contributed by atoms with van der Waals surface area (Å²) in [5, 5.41) is 5.55. The SMILES string of the molecule is CCOc1ccc(-c2csc3ncn(CC(=O)Nc4c(C(C)C)cccc4C(C)C)c(=O)c23)cc1. The second kappa shape index (κ2) is 10.4. The van der Waals surface area contributed by atoms with Crippen LogP contribution < -0.4 is 15.6 Å². The molecule has 1 amide bonds. The number of carbonyl (C=O) groups is 1. The Morgan fingerprint density at radius 2 is 1.71 bits per heavy atom. The second-order valence-corrected chi connectivity index (χ2v) is 9.99. The predicted octanol–water partition coefficient (Wildman–Crippen LogP) is 6.41. The van der Waals surface area contributed by atoms with Crippen molar-refractivity contribution in [2.75, 3.05) is 11.9 Å². The molecule has 182 valence electrons.